The molecule has 1 aliphatic rings. The second kappa shape index (κ2) is 12.1. The lowest BCUT2D eigenvalue weighted by atomic mass is 9.80. The van der Waals surface area contributed by atoms with E-state index < -0.39 is 9.84 Å². The minimum atomic E-state index is -3.69. The zero-order valence-corrected chi connectivity index (χ0v) is 26.4. The summed E-state index contributed by atoms with van der Waals surface area (Å²) < 4.78 is 31.7. The Kier molecular flexibility index (Phi) is 8.73. The van der Waals surface area contributed by atoms with E-state index in [9.17, 15) is 8.42 Å². The summed E-state index contributed by atoms with van der Waals surface area (Å²) in [7, 11) is 2.17. The second-order valence-electron chi connectivity index (χ2n) is 11.5. The van der Waals surface area contributed by atoms with Crippen LogP contribution in [0, 0.1) is 0 Å². The molecule has 8 nitrogen and oxygen atoms in total. The van der Waals surface area contributed by atoms with Gasteiger partial charge in [0.05, 0.1) is 34.0 Å². The molecule has 42 heavy (non-hydrogen) atoms. The number of halogens is 1. The zero-order chi connectivity index (χ0) is 30.1. The van der Waals surface area contributed by atoms with Gasteiger partial charge < -0.3 is 15.0 Å². The molecule has 0 aliphatic heterocycles. The quantitative estimate of drug-likeness (QED) is 0.228. The number of rotatable bonds is 9. The maximum absolute atomic E-state index is 13.0. The van der Waals surface area contributed by atoms with Gasteiger partial charge in [0.15, 0.2) is 9.84 Å². The smallest absolute Gasteiger partial charge is 0.223 e. The number of anilines is 1. The average Bonchev–Trinajstić information content (AvgIpc) is 2.97. The van der Waals surface area contributed by atoms with Crippen LogP contribution in [-0.4, -0.2) is 61.1 Å². The van der Waals surface area contributed by atoms with Crippen LogP contribution in [-0.2, 0) is 22.0 Å². The van der Waals surface area contributed by atoms with Crippen molar-refractivity contribution in [1.29, 1.82) is 0 Å². The highest BCUT2D eigenvalue weighted by Gasteiger charge is 2.33. The molecule has 1 aliphatic carbocycles. The van der Waals surface area contributed by atoms with Gasteiger partial charge in [-0.1, -0.05) is 30.7 Å². The number of methoxy groups -OCH3 is 1. The molecule has 0 spiro atoms. The Morgan fingerprint density at radius 1 is 1.10 bits per heavy atom. The van der Waals surface area contributed by atoms with E-state index in [1.54, 1.807) is 24.3 Å². The van der Waals surface area contributed by atoms with Crippen molar-refractivity contribution in [1.82, 2.24) is 19.9 Å². The molecule has 0 amide bonds. The summed E-state index contributed by atoms with van der Waals surface area (Å²) in [5.41, 5.74) is 4.29. The van der Waals surface area contributed by atoms with Crippen molar-refractivity contribution in [3.8, 4) is 17.0 Å². The van der Waals surface area contributed by atoms with Crippen molar-refractivity contribution in [3.05, 3.63) is 71.0 Å². The van der Waals surface area contributed by atoms with Crippen LogP contribution in [0.1, 0.15) is 50.8 Å². The number of aryl methyl sites for hydroxylation is 1. The number of benzene rings is 2. The SMILES string of the molecule is CCc1cc(-c2ccc(CS(=O)(=O)c3ccccc3Cl)nc2OC)cc2cnc(NC3CCC(C)(N(C)C)CC3)nc12. The summed E-state index contributed by atoms with van der Waals surface area (Å²) in [5, 5.41) is 4.69. The van der Waals surface area contributed by atoms with Crippen molar-refractivity contribution in [2.75, 3.05) is 26.5 Å². The molecular formula is C32H38ClN5O3S. The van der Waals surface area contributed by atoms with Gasteiger partial charge in [0.1, 0.15) is 0 Å². The summed E-state index contributed by atoms with van der Waals surface area (Å²) in [6.45, 7) is 4.44. The Morgan fingerprint density at radius 2 is 1.83 bits per heavy atom. The molecule has 10 heteroatoms. The predicted molar refractivity (Wildman–Crippen MR) is 169 cm³/mol. The van der Waals surface area contributed by atoms with Crippen molar-refractivity contribution >= 4 is 38.3 Å². The molecule has 2 aromatic carbocycles. The van der Waals surface area contributed by atoms with Gasteiger partial charge in [-0.2, -0.15) is 0 Å². The highest BCUT2D eigenvalue weighted by Crippen LogP contribution is 2.35. The van der Waals surface area contributed by atoms with E-state index in [0.717, 1.165) is 59.7 Å². The van der Waals surface area contributed by atoms with E-state index in [1.165, 1.54) is 13.2 Å². The minimum Gasteiger partial charge on any atom is -0.481 e. The highest BCUT2D eigenvalue weighted by atomic mass is 35.5. The van der Waals surface area contributed by atoms with Gasteiger partial charge in [-0.25, -0.2) is 23.4 Å². The number of fused-ring (bicyclic) bond motifs is 1. The highest BCUT2D eigenvalue weighted by molar-refractivity contribution is 7.90. The van der Waals surface area contributed by atoms with E-state index in [2.05, 4.69) is 54.2 Å². The average molecular weight is 608 g/mol. The van der Waals surface area contributed by atoms with Crippen LogP contribution in [0.3, 0.4) is 0 Å². The first kappa shape index (κ1) is 30.2. The lowest BCUT2D eigenvalue weighted by Gasteiger charge is -2.42. The van der Waals surface area contributed by atoms with Gasteiger partial charge >= 0.3 is 0 Å². The summed E-state index contributed by atoms with van der Waals surface area (Å²) >= 11 is 6.15. The van der Waals surface area contributed by atoms with E-state index in [-0.39, 0.29) is 21.2 Å². The van der Waals surface area contributed by atoms with Crippen LogP contribution >= 0.6 is 11.6 Å². The van der Waals surface area contributed by atoms with Gasteiger partial charge in [0.2, 0.25) is 11.8 Å². The summed E-state index contributed by atoms with van der Waals surface area (Å²) in [6.07, 6.45) is 7.08. The third kappa shape index (κ3) is 6.23. The number of hydrogen-bond acceptors (Lipinski definition) is 8. The van der Waals surface area contributed by atoms with Gasteiger partial charge in [0, 0.05) is 28.7 Å². The van der Waals surface area contributed by atoms with Gasteiger partial charge in [0.25, 0.3) is 0 Å². The fourth-order valence-corrected chi connectivity index (χ4v) is 7.48. The third-order valence-corrected chi connectivity index (χ3v) is 10.7. The second-order valence-corrected chi connectivity index (χ2v) is 13.8. The van der Waals surface area contributed by atoms with Gasteiger partial charge in [-0.3, -0.25) is 0 Å². The Morgan fingerprint density at radius 3 is 2.50 bits per heavy atom. The summed E-state index contributed by atoms with van der Waals surface area (Å²) in [6, 6.07) is 14.5. The Labute approximate surface area is 253 Å². The van der Waals surface area contributed by atoms with E-state index in [0.29, 0.717) is 23.6 Å². The van der Waals surface area contributed by atoms with Crippen molar-refractivity contribution in [2.45, 2.75) is 68.2 Å². The lowest BCUT2D eigenvalue weighted by molar-refractivity contribution is 0.116. The predicted octanol–water partition coefficient (Wildman–Crippen LogP) is 6.56. The molecule has 2 heterocycles. The zero-order valence-electron chi connectivity index (χ0n) is 24.8. The number of pyridine rings is 1. The molecule has 0 radical (unpaired) electrons. The molecule has 0 saturated heterocycles. The van der Waals surface area contributed by atoms with Crippen LogP contribution in [0.4, 0.5) is 5.95 Å². The number of ether oxygens (including phenoxy) is 1. The van der Waals surface area contributed by atoms with Crippen LogP contribution < -0.4 is 10.1 Å². The maximum atomic E-state index is 13.0. The van der Waals surface area contributed by atoms with Gasteiger partial charge in [-0.05, 0) is 101 Å². The molecule has 222 valence electrons. The first-order valence-electron chi connectivity index (χ1n) is 14.3. The Balaban J connectivity index is 1.40. The van der Waals surface area contributed by atoms with Crippen LogP contribution in [0.5, 0.6) is 5.88 Å². The van der Waals surface area contributed by atoms with E-state index in [4.69, 9.17) is 21.3 Å². The van der Waals surface area contributed by atoms with Crippen LogP contribution in [0.2, 0.25) is 5.02 Å². The fourth-order valence-electron chi connectivity index (χ4n) is 5.63. The van der Waals surface area contributed by atoms with Crippen molar-refractivity contribution in [3.63, 3.8) is 0 Å². The van der Waals surface area contributed by atoms with Crippen molar-refractivity contribution < 1.29 is 13.2 Å². The number of sulfone groups is 1. The maximum Gasteiger partial charge on any atom is 0.223 e. The molecule has 0 atom stereocenters. The first-order valence-corrected chi connectivity index (χ1v) is 16.3. The molecule has 5 rings (SSSR count). The Hall–Kier alpha value is -3.27. The number of aromatic nitrogens is 3. The number of nitrogens with zero attached hydrogens (tertiary/aromatic N) is 4. The Bertz CT molecular complexity index is 1700. The number of hydrogen-bond donors (Lipinski definition) is 1. The lowest BCUT2D eigenvalue weighted by Crippen LogP contribution is -2.46. The topological polar surface area (TPSA) is 97.3 Å². The normalized spacial score (nSPS) is 19.3. The molecular weight excluding hydrogens is 570 g/mol. The number of nitrogens with one attached hydrogen (secondary N) is 1. The molecule has 0 unspecified atom stereocenters. The standard InChI is InChI=1S/C32H38ClN5O3S/c1-6-21-17-22(18-23-19-34-31(37-29(21)23)36-24-13-15-32(2,16-14-24)38(3)4)26-12-11-25(35-30(26)41-5)20-42(39,40)28-10-8-7-9-27(28)33/h7-12,17-19,24H,6,13-16,20H2,1-5H3,(H,34,36,37). The van der Waals surface area contributed by atoms with Crippen LogP contribution in [0.25, 0.3) is 22.0 Å². The molecule has 1 saturated carbocycles. The fraction of sp³-hybridized carbons (Fsp3) is 0.406. The summed E-state index contributed by atoms with van der Waals surface area (Å²) in [4.78, 5) is 16.6. The minimum absolute atomic E-state index is 0.0861. The molecule has 1 fully saturated rings. The third-order valence-electron chi connectivity index (χ3n) is 8.55. The first-order chi connectivity index (χ1) is 20.0. The van der Waals surface area contributed by atoms with E-state index in [1.807, 2.05) is 18.3 Å². The van der Waals surface area contributed by atoms with E-state index >= 15 is 0 Å². The summed E-state index contributed by atoms with van der Waals surface area (Å²) in [5.74, 6) is 0.723. The largest absolute Gasteiger partial charge is 0.481 e. The molecule has 4 aromatic rings. The monoisotopic (exact) mass is 607 g/mol. The molecule has 2 aromatic heterocycles. The van der Waals surface area contributed by atoms with Crippen molar-refractivity contribution in [2.24, 2.45) is 0 Å². The molecule has 1 N–H and O–H groups in total. The van der Waals surface area contributed by atoms with Crippen LogP contribution in [0.15, 0.2) is 59.6 Å². The van der Waals surface area contributed by atoms with Gasteiger partial charge in [-0.15, -0.1) is 0 Å². The molecule has 0 bridgehead atoms.